The Morgan fingerprint density at radius 3 is 2.58 bits per heavy atom. The van der Waals surface area contributed by atoms with Gasteiger partial charge in [0.05, 0.1) is 0 Å². The van der Waals surface area contributed by atoms with Crippen molar-refractivity contribution in [2.75, 3.05) is 26.0 Å². The Morgan fingerprint density at radius 1 is 1.11 bits per heavy atom. The van der Waals surface area contributed by atoms with Crippen molar-refractivity contribution in [3.8, 4) is 11.1 Å². The molecule has 1 aromatic carbocycles. The third-order valence-corrected chi connectivity index (χ3v) is 3.39. The molecule has 0 fully saturated rings. The zero-order valence-corrected chi connectivity index (χ0v) is 12.0. The summed E-state index contributed by atoms with van der Waals surface area (Å²) in [4.78, 5) is 6.46. The monoisotopic (exact) mass is 255 g/mol. The highest BCUT2D eigenvalue weighted by atomic mass is 15.1. The molecule has 0 aliphatic rings. The van der Waals surface area contributed by atoms with Crippen LogP contribution in [0.3, 0.4) is 0 Å². The molecule has 0 aliphatic heterocycles. The van der Waals surface area contributed by atoms with Gasteiger partial charge in [-0.1, -0.05) is 12.1 Å². The van der Waals surface area contributed by atoms with Crippen molar-refractivity contribution in [2.24, 2.45) is 0 Å². The van der Waals surface area contributed by atoms with Gasteiger partial charge in [-0.15, -0.1) is 0 Å². The fourth-order valence-corrected chi connectivity index (χ4v) is 1.98. The molecule has 0 bridgehead atoms. The largest absolute Gasteiger partial charge is 0.378 e. The molecule has 0 spiro atoms. The van der Waals surface area contributed by atoms with Crippen LogP contribution in [-0.4, -0.2) is 26.1 Å². The molecule has 2 aromatic rings. The van der Waals surface area contributed by atoms with Gasteiger partial charge in [-0.05, 0) is 43.3 Å². The summed E-state index contributed by atoms with van der Waals surface area (Å²) in [5.74, 6) is 0. The molecule has 1 aromatic heterocycles. The second-order valence-corrected chi connectivity index (χ2v) is 4.96. The van der Waals surface area contributed by atoms with Gasteiger partial charge in [-0.25, -0.2) is 0 Å². The summed E-state index contributed by atoms with van der Waals surface area (Å²) in [5, 5.41) is 3.24. The van der Waals surface area contributed by atoms with E-state index in [1.54, 1.807) is 0 Å². The van der Waals surface area contributed by atoms with Crippen LogP contribution >= 0.6 is 0 Å². The van der Waals surface area contributed by atoms with Gasteiger partial charge >= 0.3 is 0 Å². The third kappa shape index (κ3) is 3.12. The van der Waals surface area contributed by atoms with E-state index in [4.69, 9.17) is 0 Å². The van der Waals surface area contributed by atoms with Crippen molar-refractivity contribution in [1.29, 1.82) is 0 Å². The Hall–Kier alpha value is -1.87. The van der Waals surface area contributed by atoms with Crippen LogP contribution in [0.4, 0.5) is 5.69 Å². The van der Waals surface area contributed by atoms with Gasteiger partial charge in [0.25, 0.3) is 0 Å². The second kappa shape index (κ2) is 5.85. The normalized spacial score (nSPS) is 12.2. The summed E-state index contributed by atoms with van der Waals surface area (Å²) in [6.07, 6.45) is 3.83. The maximum Gasteiger partial charge on any atom is 0.0367 e. The second-order valence-electron chi connectivity index (χ2n) is 4.96. The van der Waals surface area contributed by atoms with Gasteiger partial charge in [-0.3, -0.25) is 4.98 Å². The van der Waals surface area contributed by atoms with E-state index in [0.717, 1.165) is 5.56 Å². The molecule has 1 unspecified atom stereocenters. The lowest BCUT2D eigenvalue weighted by Crippen LogP contribution is -2.12. The molecule has 0 aliphatic carbocycles. The predicted octanol–water partition coefficient (Wildman–Crippen LogP) is 3.10. The highest BCUT2D eigenvalue weighted by Crippen LogP contribution is 2.25. The van der Waals surface area contributed by atoms with Gasteiger partial charge < -0.3 is 10.2 Å². The van der Waals surface area contributed by atoms with Crippen LogP contribution < -0.4 is 10.2 Å². The lowest BCUT2D eigenvalue weighted by atomic mass is 10.0. The summed E-state index contributed by atoms with van der Waals surface area (Å²) >= 11 is 0. The Bertz CT molecular complexity index is 549. The van der Waals surface area contributed by atoms with E-state index in [-0.39, 0.29) is 0 Å². The molecule has 1 heterocycles. The van der Waals surface area contributed by atoms with Gasteiger partial charge in [0.1, 0.15) is 0 Å². The SMILES string of the molecule is CNC(C)c1cncc(-c2cccc(N(C)C)c2)c1. The first-order valence-corrected chi connectivity index (χ1v) is 6.52. The van der Waals surface area contributed by atoms with E-state index in [1.165, 1.54) is 16.8 Å². The molecule has 2 rings (SSSR count). The average Bonchev–Trinajstić information content (AvgIpc) is 2.46. The van der Waals surface area contributed by atoms with Gasteiger partial charge in [-0.2, -0.15) is 0 Å². The molecule has 1 atom stereocenters. The number of nitrogens with one attached hydrogen (secondary N) is 1. The van der Waals surface area contributed by atoms with Crippen LogP contribution in [0.2, 0.25) is 0 Å². The molecule has 0 radical (unpaired) electrons. The number of nitrogens with zero attached hydrogens (tertiary/aromatic N) is 2. The number of anilines is 1. The van der Waals surface area contributed by atoms with E-state index in [9.17, 15) is 0 Å². The molecule has 0 saturated heterocycles. The minimum Gasteiger partial charge on any atom is -0.378 e. The summed E-state index contributed by atoms with van der Waals surface area (Å²) < 4.78 is 0. The van der Waals surface area contributed by atoms with E-state index >= 15 is 0 Å². The summed E-state index contributed by atoms with van der Waals surface area (Å²) in [7, 11) is 6.07. The first kappa shape index (κ1) is 13.6. The minimum atomic E-state index is 0.310. The van der Waals surface area contributed by atoms with Crippen molar-refractivity contribution in [3.63, 3.8) is 0 Å². The Balaban J connectivity index is 2.39. The summed E-state index contributed by atoms with van der Waals surface area (Å²) in [6.45, 7) is 2.14. The number of pyridine rings is 1. The molecular weight excluding hydrogens is 234 g/mol. The van der Waals surface area contributed by atoms with Gasteiger partial charge in [0.15, 0.2) is 0 Å². The number of hydrogen-bond donors (Lipinski definition) is 1. The average molecular weight is 255 g/mol. The number of benzene rings is 1. The number of aromatic nitrogens is 1. The maximum absolute atomic E-state index is 4.35. The van der Waals surface area contributed by atoms with Crippen molar-refractivity contribution < 1.29 is 0 Å². The Labute approximate surface area is 115 Å². The van der Waals surface area contributed by atoms with Crippen molar-refractivity contribution in [3.05, 3.63) is 48.3 Å². The van der Waals surface area contributed by atoms with E-state index in [1.807, 2.05) is 19.4 Å². The first-order valence-electron chi connectivity index (χ1n) is 6.52. The topological polar surface area (TPSA) is 28.2 Å². The van der Waals surface area contributed by atoms with E-state index in [2.05, 4.69) is 66.6 Å². The maximum atomic E-state index is 4.35. The summed E-state index contributed by atoms with van der Waals surface area (Å²) in [5.41, 5.74) is 4.76. The fourth-order valence-electron chi connectivity index (χ4n) is 1.98. The van der Waals surface area contributed by atoms with Crippen molar-refractivity contribution in [2.45, 2.75) is 13.0 Å². The van der Waals surface area contributed by atoms with E-state index in [0.29, 0.717) is 6.04 Å². The number of rotatable bonds is 4. The molecule has 19 heavy (non-hydrogen) atoms. The van der Waals surface area contributed by atoms with Crippen molar-refractivity contribution >= 4 is 5.69 Å². The van der Waals surface area contributed by atoms with Gasteiger partial charge in [0.2, 0.25) is 0 Å². The highest BCUT2D eigenvalue weighted by Gasteiger charge is 2.06. The molecule has 0 amide bonds. The van der Waals surface area contributed by atoms with Crippen LogP contribution in [0, 0.1) is 0 Å². The smallest absolute Gasteiger partial charge is 0.0367 e. The van der Waals surface area contributed by atoms with Crippen LogP contribution in [0.15, 0.2) is 42.7 Å². The molecule has 3 nitrogen and oxygen atoms in total. The minimum absolute atomic E-state index is 0.310. The first-order chi connectivity index (χ1) is 9.11. The number of hydrogen-bond acceptors (Lipinski definition) is 3. The zero-order valence-electron chi connectivity index (χ0n) is 12.0. The molecular formula is C16H21N3. The Morgan fingerprint density at radius 2 is 1.89 bits per heavy atom. The predicted molar refractivity (Wildman–Crippen MR) is 81.5 cm³/mol. The lowest BCUT2D eigenvalue weighted by Gasteiger charge is -2.15. The zero-order chi connectivity index (χ0) is 13.8. The standard InChI is InChI=1S/C16H21N3/c1-12(17-2)14-8-15(11-18-10-14)13-6-5-7-16(9-13)19(3)4/h5-12,17H,1-4H3. The molecule has 3 heteroatoms. The van der Waals surface area contributed by atoms with E-state index < -0.39 is 0 Å². The van der Waals surface area contributed by atoms with Crippen LogP contribution in [0.25, 0.3) is 11.1 Å². The lowest BCUT2D eigenvalue weighted by molar-refractivity contribution is 0.650. The third-order valence-electron chi connectivity index (χ3n) is 3.39. The fraction of sp³-hybridized carbons (Fsp3) is 0.312. The molecule has 0 saturated carbocycles. The van der Waals surface area contributed by atoms with Gasteiger partial charge in [0, 0.05) is 43.8 Å². The van der Waals surface area contributed by atoms with Crippen molar-refractivity contribution in [1.82, 2.24) is 10.3 Å². The highest BCUT2D eigenvalue weighted by molar-refractivity contribution is 5.68. The summed E-state index contributed by atoms with van der Waals surface area (Å²) in [6, 6.07) is 11.0. The Kier molecular flexibility index (Phi) is 4.17. The molecule has 100 valence electrons. The quantitative estimate of drug-likeness (QED) is 0.910. The van der Waals surface area contributed by atoms with Crippen LogP contribution in [0.5, 0.6) is 0 Å². The van der Waals surface area contributed by atoms with Crippen LogP contribution in [0.1, 0.15) is 18.5 Å². The molecule has 1 N–H and O–H groups in total. The van der Waals surface area contributed by atoms with Crippen LogP contribution in [-0.2, 0) is 0 Å².